The van der Waals surface area contributed by atoms with Crippen LogP contribution in [0.25, 0.3) is 22.1 Å². The topological polar surface area (TPSA) is 66.6 Å². The van der Waals surface area contributed by atoms with Gasteiger partial charge in [-0.3, -0.25) is 4.68 Å². The fraction of sp³-hybridized carbons (Fsp3) is 0.308. The maximum atomic E-state index is 13.7. The molecule has 0 fully saturated rings. The van der Waals surface area contributed by atoms with Crippen LogP contribution in [-0.4, -0.2) is 15.8 Å². The Hall–Kier alpha value is -2.33. The highest BCUT2D eigenvalue weighted by molar-refractivity contribution is 5.84. The summed E-state index contributed by atoms with van der Waals surface area (Å²) in [5, 5.41) is 9.79. The zero-order valence-electron chi connectivity index (χ0n) is 10.4. The minimum atomic E-state index is -0.202. The van der Waals surface area contributed by atoms with Gasteiger partial charge in [-0.15, -0.1) is 0 Å². The monoisotopic (exact) mass is 257 g/mol. The molecule has 5 nitrogen and oxygen atoms in total. The second kappa shape index (κ2) is 4.40. The molecular weight excluding hydrogens is 245 g/mol. The van der Waals surface area contributed by atoms with Gasteiger partial charge in [0.25, 0.3) is 0 Å². The second-order valence-corrected chi connectivity index (χ2v) is 4.67. The van der Waals surface area contributed by atoms with E-state index in [1.165, 1.54) is 6.08 Å². The average Bonchev–Trinajstić information content (AvgIpc) is 2.92. The number of allylic oxidation sites excluding steroid dienone is 4. The molecule has 0 spiro atoms. The first-order valence-electron chi connectivity index (χ1n) is 6.08. The van der Waals surface area contributed by atoms with E-state index in [1.54, 1.807) is 10.9 Å². The molecule has 0 radical (unpaired) electrons. The molecule has 1 aromatic rings. The lowest BCUT2D eigenvalue weighted by atomic mass is 10.00. The Balaban J connectivity index is 2.08. The van der Waals surface area contributed by atoms with Crippen molar-refractivity contribution in [2.24, 2.45) is 5.11 Å². The second-order valence-electron chi connectivity index (χ2n) is 4.67. The van der Waals surface area contributed by atoms with E-state index in [4.69, 9.17) is 5.53 Å². The number of aromatic nitrogens is 2. The predicted molar refractivity (Wildman–Crippen MR) is 69.8 cm³/mol. The molecule has 0 N–H and O–H groups in total. The smallest absolute Gasteiger partial charge is 0.130 e. The van der Waals surface area contributed by atoms with Gasteiger partial charge in [0.1, 0.15) is 5.83 Å². The van der Waals surface area contributed by atoms with Crippen LogP contribution in [0.3, 0.4) is 0 Å². The third kappa shape index (κ3) is 1.86. The summed E-state index contributed by atoms with van der Waals surface area (Å²) < 4.78 is 15.5. The van der Waals surface area contributed by atoms with Crippen LogP contribution < -0.4 is 10.6 Å². The van der Waals surface area contributed by atoms with Gasteiger partial charge in [-0.25, -0.2) is 4.39 Å². The highest BCUT2D eigenvalue weighted by Gasteiger charge is 2.19. The summed E-state index contributed by atoms with van der Waals surface area (Å²) in [7, 11) is 0. The lowest BCUT2D eigenvalue weighted by molar-refractivity contribution is 0.526. The van der Waals surface area contributed by atoms with E-state index in [2.05, 4.69) is 15.1 Å². The number of rotatable bonds is 3. The van der Waals surface area contributed by atoms with Crippen LogP contribution in [0.15, 0.2) is 34.9 Å². The van der Waals surface area contributed by atoms with Crippen molar-refractivity contribution in [3.05, 3.63) is 50.8 Å². The van der Waals surface area contributed by atoms with Crippen LogP contribution >= 0.6 is 0 Å². The first kappa shape index (κ1) is 11.7. The van der Waals surface area contributed by atoms with E-state index < -0.39 is 0 Å². The van der Waals surface area contributed by atoms with E-state index in [9.17, 15) is 4.39 Å². The van der Waals surface area contributed by atoms with Gasteiger partial charge in [-0.1, -0.05) is 18.1 Å². The van der Waals surface area contributed by atoms with Gasteiger partial charge >= 0.3 is 0 Å². The minimum Gasteiger partial charge on any atom is -0.264 e. The Labute approximate surface area is 108 Å². The summed E-state index contributed by atoms with van der Waals surface area (Å²) in [5.74, 6) is -0.202. The third-order valence-corrected chi connectivity index (χ3v) is 3.34. The van der Waals surface area contributed by atoms with Crippen LogP contribution in [0.5, 0.6) is 0 Å². The van der Waals surface area contributed by atoms with Crippen LogP contribution in [0.1, 0.15) is 13.3 Å². The Morgan fingerprint density at radius 2 is 2.47 bits per heavy atom. The number of fused-ring (bicyclic) bond motifs is 2. The van der Waals surface area contributed by atoms with Crippen molar-refractivity contribution in [1.29, 1.82) is 0 Å². The standard InChI is InChI=1S/C13H12FN5/c1-8(17-18-15)7-19-13-5-10-9(11(13)6-16-19)3-2-4-12(10)14/h2,4-6,8H,3,7H2,1H3. The number of azide groups is 1. The summed E-state index contributed by atoms with van der Waals surface area (Å²) in [6.07, 6.45) is 7.62. The normalized spacial score (nSPS) is 17.7. The third-order valence-electron chi connectivity index (χ3n) is 3.34. The van der Waals surface area contributed by atoms with Crippen LogP contribution in [-0.2, 0) is 6.54 Å². The van der Waals surface area contributed by atoms with Gasteiger partial charge in [0, 0.05) is 22.2 Å². The summed E-state index contributed by atoms with van der Waals surface area (Å²) in [6, 6.07) is -0.188. The van der Waals surface area contributed by atoms with Gasteiger partial charge < -0.3 is 0 Å². The van der Waals surface area contributed by atoms with Crippen molar-refractivity contribution in [2.45, 2.75) is 25.9 Å². The van der Waals surface area contributed by atoms with Gasteiger partial charge in [-0.05, 0) is 29.7 Å². The maximum Gasteiger partial charge on any atom is 0.130 e. The van der Waals surface area contributed by atoms with Crippen molar-refractivity contribution in [3.63, 3.8) is 0 Å². The Kier molecular flexibility index (Phi) is 2.72. The maximum absolute atomic E-state index is 13.7. The van der Waals surface area contributed by atoms with Crippen molar-refractivity contribution in [3.8, 4) is 0 Å². The first-order valence-corrected chi connectivity index (χ1v) is 6.08. The molecule has 1 unspecified atom stereocenters. The van der Waals surface area contributed by atoms with Crippen molar-refractivity contribution >= 4 is 11.6 Å². The Morgan fingerprint density at radius 3 is 3.26 bits per heavy atom. The molecule has 19 heavy (non-hydrogen) atoms. The van der Waals surface area contributed by atoms with Gasteiger partial charge in [0.15, 0.2) is 0 Å². The van der Waals surface area contributed by atoms with Crippen molar-refractivity contribution in [1.82, 2.24) is 9.78 Å². The number of halogens is 1. The quantitative estimate of drug-likeness (QED) is 0.462. The Morgan fingerprint density at radius 1 is 1.63 bits per heavy atom. The van der Waals surface area contributed by atoms with E-state index >= 15 is 0 Å². The highest BCUT2D eigenvalue weighted by Crippen LogP contribution is 2.28. The molecule has 3 rings (SSSR count). The largest absolute Gasteiger partial charge is 0.264 e. The van der Waals surface area contributed by atoms with Crippen LogP contribution in [0.4, 0.5) is 4.39 Å². The summed E-state index contributed by atoms with van der Waals surface area (Å²) in [6.45, 7) is 2.32. The SMILES string of the molecule is CC(Cn1ncc2c1=CC1=C(F)C=CCC=21)N=[N+]=[N-]. The molecular formula is C13H12FN5. The van der Waals surface area contributed by atoms with E-state index in [-0.39, 0.29) is 11.9 Å². The number of nitrogens with zero attached hydrogens (tertiary/aromatic N) is 5. The van der Waals surface area contributed by atoms with Crippen LogP contribution in [0.2, 0.25) is 0 Å². The fourth-order valence-electron chi connectivity index (χ4n) is 2.47. The van der Waals surface area contributed by atoms with Crippen molar-refractivity contribution in [2.75, 3.05) is 0 Å². The summed E-state index contributed by atoms with van der Waals surface area (Å²) in [5.41, 5.74) is 10.1. The Bertz CT molecular complexity index is 761. The van der Waals surface area contributed by atoms with Crippen molar-refractivity contribution < 1.29 is 4.39 Å². The molecule has 96 valence electrons. The lowest BCUT2D eigenvalue weighted by Crippen LogP contribution is -2.30. The molecule has 0 saturated carbocycles. The zero-order chi connectivity index (χ0) is 13.4. The molecule has 2 aliphatic carbocycles. The molecule has 0 amide bonds. The number of hydrogen-bond donors (Lipinski definition) is 0. The molecule has 1 atom stereocenters. The predicted octanol–water partition coefficient (Wildman–Crippen LogP) is 1.71. The van der Waals surface area contributed by atoms with E-state index in [0.717, 1.165) is 22.6 Å². The minimum absolute atomic E-state index is 0.188. The molecule has 1 aromatic heterocycles. The number of hydrogen-bond acceptors (Lipinski definition) is 2. The molecule has 0 aromatic carbocycles. The van der Waals surface area contributed by atoms with E-state index in [1.807, 2.05) is 19.1 Å². The fourth-order valence-corrected chi connectivity index (χ4v) is 2.47. The van der Waals surface area contributed by atoms with E-state index in [0.29, 0.717) is 12.1 Å². The lowest BCUT2D eigenvalue weighted by Gasteiger charge is -2.07. The van der Waals surface area contributed by atoms with Crippen LogP contribution in [0, 0.1) is 0 Å². The molecule has 6 heteroatoms. The van der Waals surface area contributed by atoms with Gasteiger partial charge in [0.2, 0.25) is 0 Å². The molecule has 1 heterocycles. The zero-order valence-corrected chi connectivity index (χ0v) is 10.4. The molecule has 0 saturated heterocycles. The highest BCUT2D eigenvalue weighted by atomic mass is 19.1. The van der Waals surface area contributed by atoms with Gasteiger partial charge in [0.05, 0.1) is 17.6 Å². The molecule has 0 aliphatic heterocycles. The summed E-state index contributed by atoms with van der Waals surface area (Å²) in [4.78, 5) is 2.78. The first-order chi connectivity index (χ1) is 9.20. The summed E-state index contributed by atoms with van der Waals surface area (Å²) >= 11 is 0. The average molecular weight is 257 g/mol. The molecule has 0 bridgehead atoms. The van der Waals surface area contributed by atoms with Gasteiger partial charge in [-0.2, -0.15) is 5.10 Å². The molecule has 2 aliphatic rings.